The van der Waals surface area contributed by atoms with Gasteiger partial charge in [0.15, 0.2) is 6.23 Å². The van der Waals surface area contributed by atoms with Crippen LogP contribution in [0.5, 0.6) is 0 Å². The zero-order chi connectivity index (χ0) is 30.6. The van der Waals surface area contributed by atoms with Crippen molar-refractivity contribution in [3.8, 4) is 0 Å². The first-order chi connectivity index (χ1) is 20.3. The van der Waals surface area contributed by atoms with Gasteiger partial charge in [-0.2, -0.15) is 0 Å². The van der Waals surface area contributed by atoms with Crippen molar-refractivity contribution in [2.75, 3.05) is 26.4 Å². The van der Waals surface area contributed by atoms with Gasteiger partial charge in [0.1, 0.15) is 18.3 Å². The molecule has 1 aromatic rings. The maximum absolute atomic E-state index is 12.3. The fourth-order valence-electron chi connectivity index (χ4n) is 4.97. The summed E-state index contributed by atoms with van der Waals surface area (Å²) in [5.74, 6) is 0. The Kier molecular flexibility index (Phi) is 18.4. The van der Waals surface area contributed by atoms with E-state index in [0.29, 0.717) is 6.61 Å². The third-order valence-corrected chi connectivity index (χ3v) is 7.71. The Balaban J connectivity index is 1.61. The lowest BCUT2D eigenvalue weighted by atomic mass is 10.1. The van der Waals surface area contributed by atoms with E-state index >= 15 is 0 Å². The van der Waals surface area contributed by atoms with E-state index < -0.39 is 50.2 Å². The van der Waals surface area contributed by atoms with E-state index in [0.717, 1.165) is 36.3 Å². The largest absolute Gasteiger partial charge is 0.470 e. The fraction of sp³-hybridized carbons (Fsp3) is 0.793. The topological polar surface area (TPSA) is 170 Å². The maximum Gasteiger partial charge on any atom is 0.470 e. The number of H-pyrrole nitrogens is 1. The molecule has 4 atom stereocenters. The van der Waals surface area contributed by atoms with Crippen molar-refractivity contribution < 1.29 is 38.2 Å². The van der Waals surface area contributed by atoms with E-state index in [1.54, 1.807) is 0 Å². The number of hydrogen-bond acceptors (Lipinski definition) is 8. The van der Waals surface area contributed by atoms with Crippen LogP contribution in [0.3, 0.4) is 0 Å². The van der Waals surface area contributed by atoms with Gasteiger partial charge in [0.05, 0.1) is 19.8 Å². The van der Waals surface area contributed by atoms with Crippen LogP contribution in [0, 0.1) is 0 Å². The molecule has 0 unspecified atom stereocenters. The first kappa shape index (κ1) is 36.6. The molecule has 1 fully saturated rings. The highest BCUT2D eigenvalue weighted by Gasteiger charge is 2.49. The van der Waals surface area contributed by atoms with Gasteiger partial charge in [-0.15, -0.1) is 0 Å². The number of nitrogens with one attached hydrogen (secondary N) is 1. The summed E-state index contributed by atoms with van der Waals surface area (Å²) in [7, 11) is -4.97. The quantitative estimate of drug-likeness (QED) is 0.0742. The predicted octanol–water partition coefficient (Wildman–Crippen LogP) is 4.34. The van der Waals surface area contributed by atoms with E-state index in [-0.39, 0.29) is 13.2 Å². The number of phosphoric acid groups is 1. The van der Waals surface area contributed by atoms with Gasteiger partial charge >= 0.3 is 13.5 Å². The summed E-state index contributed by atoms with van der Waals surface area (Å²) in [5, 5.41) is 9.68. The Morgan fingerprint density at radius 1 is 0.905 bits per heavy atom. The predicted molar refractivity (Wildman–Crippen MR) is 159 cm³/mol. The second kappa shape index (κ2) is 21.1. The van der Waals surface area contributed by atoms with Crippen LogP contribution in [0.25, 0.3) is 0 Å². The van der Waals surface area contributed by atoms with E-state index in [9.17, 15) is 29.0 Å². The average Bonchev–Trinajstić information content (AvgIpc) is 3.27. The van der Waals surface area contributed by atoms with Crippen LogP contribution >= 0.6 is 7.82 Å². The molecule has 13 heteroatoms. The standard InChI is InChI=1S/C29H51N2O10P/c1-2-3-4-5-6-7-8-9-10-11-12-13-14-15-16-17-20-38-21-22-39-27-26(41-42(35,36)37)24(23-32)40-28(27)31-19-18-25(33)30-29(31)34/h9-10,18-19,24,26-28,32H,2-8,11-17,20-23H2,1H3,(H,30,33,34)(H2,35,36,37)/b10-9-/t24-,26-,27-,28-/m1/s1. The molecule has 12 nitrogen and oxygen atoms in total. The van der Waals surface area contributed by atoms with Crippen molar-refractivity contribution >= 4 is 7.82 Å². The Bertz CT molecular complexity index is 1040. The first-order valence-electron chi connectivity index (χ1n) is 15.4. The summed E-state index contributed by atoms with van der Waals surface area (Å²) in [4.78, 5) is 44.5. The zero-order valence-corrected chi connectivity index (χ0v) is 25.8. The second-order valence-electron chi connectivity index (χ2n) is 10.7. The molecule has 42 heavy (non-hydrogen) atoms. The molecule has 2 heterocycles. The number of aromatic nitrogens is 2. The number of aromatic amines is 1. The van der Waals surface area contributed by atoms with Crippen LogP contribution in [-0.4, -0.2) is 69.2 Å². The van der Waals surface area contributed by atoms with Crippen molar-refractivity contribution in [1.29, 1.82) is 0 Å². The molecule has 0 aliphatic carbocycles. The summed E-state index contributed by atoms with van der Waals surface area (Å²) < 4.78 is 34.5. The smallest absolute Gasteiger partial charge is 0.394 e. The Hall–Kier alpha value is -1.63. The lowest BCUT2D eigenvalue weighted by Crippen LogP contribution is -2.40. The highest BCUT2D eigenvalue weighted by Crippen LogP contribution is 2.44. The number of unbranched alkanes of at least 4 members (excludes halogenated alkanes) is 12. The van der Waals surface area contributed by atoms with E-state index in [2.05, 4.69) is 24.1 Å². The van der Waals surface area contributed by atoms with E-state index in [4.69, 9.17) is 18.7 Å². The number of nitrogens with zero attached hydrogens (tertiary/aromatic N) is 1. The molecule has 0 radical (unpaired) electrons. The number of ether oxygens (including phenoxy) is 3. The number of allylic oxidation sites excluding steroid dienone is 2. The third-order valence-electron chi connectivity index (χ3n) is 7.19. The molecule has 2 rings (SSSR count). The lowest BCUT2D eigenvalue weighted by molar-refractivity contribution is -0.0841. The van der Waals surface area contributed by atoms with Gasteiger partial charge in [-0.25, -0.2) is 9.36 Å². The van der Waals surface area contributed by atoms with Crippen LogP contribution in [0.1, 0.15) is 103 Å². The van der Waals surface area contributed by atoms with Crippen LogP contribution in [0.2, 0.25) is 0 Å². The monoisotopic (exact) mass is 618 g/mol. The Morgan fingerprint density at radius 3 is 2.12 bits per heavy atom. The minimum Gasteiger partial charge on any atom is -0.394 e. The van der Waals surface area contributed by atoms with Gasteiger partial charge < -0.3 is 29.1 Å². The molecule has 1 saturated heterocycles. The molecule has 0 bridgehead atoms. The number of aliphatic hydroxyl groups is 1. The van der Waals surface area contributed by atoms with Crippen molar-refractivity contribution in [2.24, 2.45) is 0 Å². The van der Waals surface area contributed by atoms with Gasteiger partial charge in [0.25, 0.3) is 5.56 Å². The van der Waals surface area contributed by atoms with Crippen LogP contribution in [0.4, 0.5) is 0 Å². The van der Waals surface area contributed by atoms with Crippen molar-refractivity contribution in [3.05, 3.63) is 45.3 Å². The SMILES string of the molecule is CCCCCCCC/C=C\CCCCCCCCOCCO[C@@H]1[C@H](OP(=O)(O)O)[C@@H](CO)O[C@H]1n1ccc(=O)[nH]c1=O. The molecule has 0 amide bonds. The highest BCUT2D eigenvalue weighted by atomic mass is 31.2. The Morgan fingerprint density at radius 2 is 1.52 bits per heavy atom. The molecule has 1 aliphatic rings. The normalized spacial score (nSPS) is 21.0. The van der Waals surface area contributed by atoms with E-state index in [1.165, 1.54) is 70.4 Å². The number of phosphoric ester groups is 1. The first-order valence-corrected chi connectivity index (χ1v) is 17.0. The summed E-state index contributed by atoms with van der Waals surface area (Å²) in [6, 6.07) is 1.10. The van der Waals surface area contributed by atoms with Crippen molar-refractivity contribution in [3.63, 3.8) is 0 Å². The summed E-state index contributed by atoms with van der Waals surface area (Å²) in [6.07, 6.45) is 18.1. The molecule has 4 N–H and O–H groups in total. The van der Waals surface area contributed by atoms with Gasteiger partial charge in [-0.05, 0) is 32.1 Å². The molecular formula is C29H51N2O10P. The summed E-state index contributed by atoms with van der Waals surface area (Å²) in [6.45, 7) is 2.41. The van der Waals surface area contributed by atoms with Crippen LogP contribution < -0.4 is 11.2 Å². The van der Waals surface area contributed by atoms with Gasteiger partial charge in [-0.3, -0.25) is 18.9 Å². The van der Waals surface area contributed by atoms with Crippen molar-refractivity contribution in [2.45, 2.75) is 121 Å². The zero-order valence-electron chi connectivity index (χ0n) is 24.9. The van der Waals surface area contributed by atoms with Gasteiger partial charge in [-0.1, -0.05) is 76.9 Å². The van der Waals surface area contributed by atoms with E-state index in [1.807, 2.05) is 0 Å². The second-order valence-corrected chi connectivity index (χ2v) is 11.9. The fourth-order valence-corrected chi connectivity index (χ4v) is 5.54. The molecule has 0 spiro atoms. The minimum absolute atomic E-state index is 0.0359. The lowest BCUT2D eigenvalue weighted by Gasteiger charge is -2.25. The van der Waals surface area contributed by atoms with Crippen molar-refractivity contribution in [1.82, 2.24) is 9.55 Å². The molecule has 1 aliphatic heterocycles. The maximum atomic E-state index is 12.3. The molecule has 0 saturated carbocycles. The summed E-state index contributed by atoms with van der Waals surface area (Å²) >= 11 is 0. The number of hydrogen-bond donors (Lipinski definition) is 4. The molecule has 1 aromatic heterocycles. The van der Waals surface area contributed by atoms with Gasteiger partial charge in [0.2, 0.25) is 0 Å². The molecular weight excluding hydrogens is 567 g/mol. The highest BCUT2D eigenvalue weighted by molar-refractivity contribution is 7.46. The summed E-state index contributed by atoms with van der Waals surface area (Å²) in [5.41, 5.74) is -1.42. The average molecular weight is 619 g/mol. The molecule has 242 valence electrons. The Labute approximate surface area is 248 Å². The number of aliphatic hydroxyl groups excluding tert-OH is 1. The van der Waals surface area contributed by atoms with Crippen LogP contribution in [0.15, 0.2) is 34.0 Å². The third kappa shape index (κ3) is 14.7. The minimum atomic E-state index is -4.97. The number of rotatable bonds is 24. The van der Waals surface area contributed by atoms with Gasteiger partial charge in [0, 0.05) is 18.9 Å². The van der Waals surface area contributed by atoms with Crippen LogP contribution in [-0.2, 0) is 23.3 Å². The molecule has 0 aromatic carbocycles.